The summed E-state index contributed by atoms with van der Waals surface area (Å²) in [6.45, 7) is 30.3. The van der Waals surface area contributed by atoms with Crippen molar-refractivity contribution in [1.29, 1.82) is 0 Å². The van der Waals surface area contributed by atoms with Crippen LogP contribution in [0.4, 0.5) is 0 Å². The molecule has 1 atom stereocenters. The maximum Gasteiger partial charge on any atom is 0.333 e. The van der Waals surface area contributed by atoms with Crippen LogP contribution in [0.15, 0.2) is 71.0 Å². The van der Waals surface area contributed by atoms with Crippen LogP contribution in [0.5, 0.6) is 0 Å². The van der Waals surface area contributed by atoms with Gasteiger partial charge in [-0.05, 0) is 114 Å². The van der Waals surface area contributed by atoms with E-state index in [-0.39, 0.29) is 52.1 Å². The van der Waals surface area contributed by atoms with Gasteiger partial charge in [0.05, 0.1) is 0 Å². The molecule has 320 valence electrons. The Morgan fingerprint density at radius 1 is 0.793 bits per heavy atom. The zero-order chi connectivity index (χ0) is 44.0. The van der Waals surface area contributed by atoms with Crippen molar-refractivity contribution in [2.45, 2.75) is 164 Å². The lowest BCUT2D eigenvalue weighted by molar-refractivity contribution is -0.154. The van der Waals surface area contributed by atoms with Gasteiger partial charge in [0.2, 0.25) is 0 Å². The molecule has 0 spiro atoms. The number of hydrogen-bond donors (Lipinski definition) is 0. The topological polar surface area (TPSA) is 93.2 Å². The fourth-order valence-corrected chi connectivity index (χ4v) is 10.3. The van der Waals surface area contributed by atoms with Crippen LogP contribution in [0.2, 0.25) is 5.02 Å². The first-order valence-corrected chi connectivity index (χ1v) is 22.4. The van der Waals surface area contributed by atoms with E-state index in [0.717, 1.165) is 52.4 Å². The van der Waals surface area contributed by atoms with E-state index < -0.39 is 0 Å². The smallest absolute Gasteiger partial charge is 0.333 e. The quantitative estimate of drug-likeness (QED) is 0.219. The van der Waals surface area contributed by atoms with Crippen molar-refractivity contribution in [2.75, 3.05) is 19.8 Å². The second kappa shape index (κ2) is 20.1. The van der Waals surface area contributed by atoms with Crippen LogP contribution in [-0.4, -0.2) is 92.8 Å². The molecule has 4 aliphatic heterocycles. The number of thioether (sulfide) groups is 2. The highest BCUT2D eigenvalue weighted by Crippen LogP contribution is 2.40. The highest BCUT2D eigenvalue weighted by Gasteiger charge is 2.45. The van der Waals surface area contributed by atoms with Gasteiger partial charge in [0.25, 0.3) is 0 Å². The zero-order valence-electron chi connectivity index (χ0n) is 37.2. The summed E-state index contributed by atoms with van der Waals surface area (Å²) < 4.78 is 10.9. The molecular weight excluding hydrogens is 788 g/mol. The monoisotopic (exact) mass is 854 g/mol. The first kappa shape index (κ1) is 49.5. The molecule has 0 N–H and O–H groups in total. The number of likely N-dealkylation sites (tertiary alicyclic amines) is 2. The Labute approximate surface area is 362 Å². The number of ketones is 2. The number of aryl methyl sites for hydroxylation is 1. The van der Waals surface area contributed by atoms with Crippen LogP contribution in [0.1, 0.15) is 134 Å². The molecule has 2 saturated heterocycles. The van der Waals surface area contributed by atoms with E-state index in [2.05, 4.69) is 105 Å². The third-order valence-corrected chi connectivity index (χ3v) is 14.2. The van der Waals surface area contributed by atoms with Crippen molar-refractivity contribution < 1.29 is 28.7 Å². The minimum Gasteiger partial charge on any atom is -0.459 e. The van der Waals surface area contributed by atoms with Crippen molar-refractivity contribution in [3.8, 4) is 0 Å². The number of piperidine rings is 2. The Kier molecular flexibility index (Phi) is 17.2. The number of nitrogens with zero attached hydrogens (tertiary/aromatic N) is 2. The molecule has 11 heteroatoms. The maximum atomic E-state index is 11.6. The van der Waals surface area contributed by atoms with Gasteiger partial charge in [-0.25, -0.2) is 9.59 Å². The first-order valence-electron chi connectivity index (χ1n) is 20.1. The molecule has 0 amide bonds. The molecule has 8 nitrogen and oxygen atoms in total. The van der Waals surface area contributed by atoms with Crippen LogP contribution in [0.3, 0.4) is 0 Å². The van der Waals surface area contributed by atoms with E-state index in [0.29, 0.717) is 34.5 Å². The van der Waals surface area contributed by atoms with E-state index in [9.17, 15) is 19.2 Å². The maximum absolute atomic E-state index is 11.6. The van der Waals surface area contributed by atoms with Crippen molar-refractivity contribution >= 4 is 58.6 Å². The van der Waals surface area contributed by atoms with Crippen molar-refractivity contribution in [1.82, 2.24) is 9.80 Å². The van der Waals surface area contributed by atoms with Gasteiger partial charge in [0.15, 0.2) is 11.6 Å². The Hall–Kier alpha value is -2.89. The van der Waals surface area contributed by atoms with Crippen LogP contribution in [0.25, 0.3) is 0 Å². The van der Waals surface area contributed by atoms with Gasteiger partial charge in [-0.15, -0.1) is 23.5 Å². The predicted octanol–water partition coefficient (Wildman–Crippen LogP) is 11.2. The average molecular weight is 856 g/mol. The summed E-state index contributed by atoms with van der Waals surface area (Å²) in [6.07, 6.45) is 6.00. The third kappa shape index (κ3) is 13.6. The van der Waals surface area contributed by atoms with Gasteiger partial charge in [-0.2, -0.15) is 0 Å². The number of ether oxygens (including phenoxy) is 2. The molecule has 1 unspecified atom stereocenters. The van der Waals surface area contributed by atoms with Crippen LogP contribution < -0.4 is 0 Å². The lowest BCUT2D eigenvalue weighted by Crippen LogP contribution is -2.60. The molecule has 4 heterocycles. The van der Waals surface area contributed by atoms with Gasteiger partial charge in [-0.3, -0.25) is 19.4 Å². The van der Waals surface area contributed by atoms with Crippen molar-refractivity contribution in [2.24, 2.45) is 0 Å². The third-order valence-electron chi connectivity index (χ3n) is 11.7. The van der Waals surface area contributed by atoms with Crippen LogP contribution in [0, 0.1) is 6.92 Å². The summed E-state index contributed by atoms with van der Waals surface area (Å²) >= 11 is 9.34. The Bertz CT molecular complexity index is 1820. The number of carbonyl (C=O) groups is 4. The van der Waals surface area contributed by atoms with Gasteiger partial charge in [-0.1, -0.05) is 43.3 Å². The standard InChI is InChI=1S/C14H25NO2.C13H23NO2.C10H9ClOS.C10H10OS/c1-10(2)12(16)17-11-8-13(3,4)15(7)14(5,6)9-11;1-7-11(15)16-10-8-12(2,3)14(6)13(4,5)9-10;1-6-4-9(12)8-5-7(11)2-3-10(8)13-6;1-7-2-3-10-8(6-7)9(11)4-5-12-10/h11H,1,8-9H2,2-7H3;7,10H,1,8-9H2,2-6H3;2-3,5-6H,4H2,1H3;2-3,6H,4-5H2,1H3. The highest BCUT2D eigenvalue weighted by molar-refractivity contribution is 8.00. The molecule has 0 aromatic heterocycles. The minimum absolute atomic E-state index is 0.00769. The van der Waals surface area contributed by atoms with Crippen molar-refractivity contribution in [3.05, 3.63) is 82.9 Å². The minimum atomic E-state index is -0.318. The van der Waals surface area contributed by atoms with E-state index in [1.54, 1.807) is 36.5 Å². The average Bonchev–Trinajstić information content (AvgIpc) is 3.10. The Balaban J connectivity index is 0.000000208. The number of hydrogen-bond acceptors (Lipinski definition) is 10. The van der Waals surface area contributed by atoms with Gasteiger partial charge < -0.3 is 9.47 Å². The SMILES string of the molecule is C=C(C)C(=O)OC1CC(C)(C)N(C)C(C)(C)C1.C=CC(=O)OC1CC(C)(C)N(C)C(C)(C)C1.CC1CC(=O)c2cc(Cl)ccc2S1.Cc1ccc2c(c1)C(=O)CCS2. The molecule has 0 radical (unpaired) electrons. The molecule has 2 aromatic rings. The summed E-state index contributed by atoms with van der Waals surface area (Å²) in [7, 11) is 4.27. The van der Waals surface area contributed by atoms with E-state index in [1.807, 2.05) is 31.2 Å². The second-order valence-electron chi connectivity index (χ2n) is 18.5. The molecule has 2 fully saturated rings. The Morgan fingerprint density at radius 3 is 1.78 bits per heavy atom. The number of Topliss-reactive ketones (excluding diaryl/α,β-unsaturated/α-hetero) is 2. The molecule has 4 aliphatic rings. The summed E-state index contributed by atoms with van der Waals surface area (Å²) in [6, 6.07) is 11.6. The van der Waals surface area contributed by atoms with Crippen LogP contribution in [-0.2, 0) is 19.1 Å². The number of fused-ring (bicyclic) bond motifs is 2. The summed E-state index contributed by atoms with van der Waals surface area (Å²) in [5.41, 5.74) is 3.54. The van der Waals surface area contributed by atoms with Gasteiger partial charge in [0, 0.05) is 109 Å². The highest BCUT2D eigenvalue weighted by atomic mass is 35.5. The predicted molar refractivity (Wildman–Crippen MR) is 242 cm³/mol. The Morgan fingerprint density at radius 2 is 1.28 bits per heavy atom. The second-order valence-corrected chi connectivity index (χ2v) is 21.5. The molecule has 6 rings (SSSR count). The molecule has 0 aliphatic carbocycles. The molecule has 0 saturated carbocycles. The number of esters is 2. The lowest BCUT2D eigenvalue weighted by atomic mass is 9.78. The number of carbonyl (C=O) groups excluding carboxylic acids is 4. The number of halogens is 1. The summed E-state index contributed by atoms with van der Waals surface area (Å²) in [5.74, 6) is 0.859. The summed E-state index contributed by atoms with van der Waals surface area (Å²) in [5, 5.41) is 1.03. The van der Waals surface area contributed by atoms with Crippen molar-refractivity contribution in [3.63, 3.8) is 0 Å². The van der Waals surface area contributed by atoms with E-state index in [1.165, 1.54) is 11.6 Å². The molecular formula is C47H67ClN2O6S2. The molecule has 0 bridgehead atoms. The van der Waals surface area contributed by atoms with Crippen LogP contribution >= 0.6 is 35.1 Å². The van der Waals surface area contributed by atoms with E-state index in [4.69, 9.17) is 21.1 Å². The molecule has 58 heavy (non-hydrogen) atoms. The fraction of sp³-hybridized carbons (Fsp3) is 0.574. The summed E-state index contributed by atoms with van der Waals surface area (Å²) in [4.78, 5) is 52.7. The van der Waals surface area contributed by atoms with Gasteiger partial charge >= 0.3 is 11.9 Å². The van der Waals surface area contributed by atoms with E-state index >= 15 is 0 Å². The fourth-order valence-electron chi connectivity index (χ4n) is 8.02. The zero-order valence-corrected chi connectivity index (χ0v) is 39.6. The normalized spacial score (nSPS) is 22.1. The molecule has 2 aromatic carbocycles. The number of rotatable bonds is 4. The largest absolute Gasteiger partial charge is 0.459 e. The number of benzene rings is 2. The van der Waals surface area contributed by atoms with Gasteiger partial charge in [0.1, 0.15) is 12.2 Å². The lowest BCUT2D eigenvalue weighted by Gasteiger charge is -2.53. The first-order chi connectivity index (χ1) is 26.7.